The molecule has 0 fully saturated rings. The Bertz CT molecular complexity index is 608. The predicted molar refractivity (Wildman–Crippen MR) is 56.9 cm³/mol. The number of nitrogens with one attached hydrogen (secondary N) is 1. The highest BCUT2D eigenvalue weighted by atomic mass is 32.1. The van der Waals surface area contributed by atoms with Gasteiger partial charge in [-0.2, -0.15) is 10.2 Å². The highest BCUT2D eigenvalue weighted by molar-refractivity contribution is 7.71. The van der Waals surface area contributed by atoms with Crippen LogP contribution in [0.2, 0.25) is 0 Å². The SMILES string of the molecule is Cn1nc(-c2n[nH]c(=S)n2C)ccc1=O. The lowest BCUT2D eigenvalue weighted by Gasteiger charge is -2.00. The molecule has 0 bridgehead atoms. The molecule has 0 aromatic carbocycles. The first-order valence-electron chi connectivity index (χ1n) is 4.25. The van der Waals surface area contributed by atoms with Gasteiger partial charge in [0.15, 0.2) is 10.6 Å². The van der Waals surface area contributed by atoms with E-state index in [2.05, 4.69) is 15.3 Å². The van der Waals surface area contributed by atoms with Crippen LogP contribution >= 0.6 is 12.2 Å². The fraction of sp³-hybridized carbons (Fsp3) is 0.250. The highest BCUT2D eigenvalue weighted by Gasteiger charge is 2.07. The van der Waals surface area contributed by atoms with Gasteiger partial charge in [0.25, 0.3) is 5.56 Å². The molecule has 0 aliphatic heterocycles. The van der Waals surface area contributed by atoms with Gasteiger partial charge in [-0.05, 0) is 18.3 Å². The second kappa shape index (κ2) is 3.43. The van der Waals surface area contributed by atoms with Crippen molar-refractivity contribution in [1.29, 1.82) is 0 Å². The Labute approximate surface area is 90.2 Å². The van der Waals surface area contributed by atoms with Gasteiger partial charge in [-0.15, -0.1) is 0 Å². The van der Waals surface area contributed by atoms with Gasteiger partial charge in [0.05, 0.1) is 0 Å². The maximum atomic E-state index is 11.1. The number of aromatic nitrogens is 5. The highest BCUT2D eigenvalue weighted by Crippen LogP contribution is 2.10. The molecule has 6 nitrogen and oxygen atoms in total. The van der Waals surface area contributed by atoms with E-state index < -0.39 is 0 Å². The first kappa shape index (κ1) is 9.78. The molecule has 0 saturated heterocycles. The third-order valence-electron chi connectivity index (χ3n) is 2.07. The summed E-state index contributed by atoms with van der Waals surface area (Å²) in [5, 5.41) is 10.8. The summed E-state index contributed by atoms with van der Waals surface area (Å²) >= 11 is 4.98. The zero-order chi connectivity index (χ0) is 11.0. The molecule has 2 aromatic rings. The second-order valence-electron chi connectivity index (χ2n) is 3.09. The molecule has 78 valence electrons. The number of nitrogens with zero attached hydrogens (tertiary/aromatic N) is 4. The fourth-order valence-corrected chi connectivity index (χ4v) is 1.33. The summed E-state index contributed by atoms with van der Waals surface area (Å²) in [6, 6.07) is 3.06. The average molecular weight is 223 g/mol. The van der Waals surface area contributed by atoms with E-state index in [1.165, 1.54) is 10.7 Å². The van der Waals surface area contributed by atoms with Crippen molar-refractivity contribution in [3.05, 3.63) is 27.3 Å². The van der Waals surface area contributed by atoms with Crippen LogP contribution in [-0.2, 0) is 14.1 Å². The van der Waals surface area contributed by atoms with Gasteiger partial charge < -0.3 is 4.57 Å². The van der Waals surface area contributed by atoms with Crippen molar-refractivity contribution in [1.82, 2.24) is 24.5 Å². The molecule has 2 heterocycles. The first-order chi connectivity index (χ1) is 7.09. The lowest BCUT2D eigenvalue weighted by Crippen LogP contribution is -2.18. The summed E-state index contributed by atoms with van der Waals surface area (Å²) in [7, 11) is 3.38. The number of aryl methyl sites for hydroxylation is 1. The van der Waals surface area contributed by atoms with Gasteiger partial charge in [-0.1, -0.05) is 0 Å². The molecule has 0 aliphatic rings. The van der Waals surface area contributed by atoms with Crippen molar-refractivity contribution in [3.63, 3.8) is 0 Å². The second-order valence-corrected chi connectivity index (χ2v) is 3.48. The number of hydrogen-bond acceptors (Lipinski definition) is 4. The van der Waals surface area contributed by atoms with Crippen LogP contribution in [0, 0.1) is 4.77 Å². The van der Waals surface area contributed by atoms with Crippen molar-refractivity contribution in [3.8, 4) is 11.5 Å². The zero-order valence-corrected chi connectivity index (χ0v) is 9.08. The number of rotatable bonds is 1. The quantitative estimate of drug-likeness (QED) is 0.703. The Kier molecular flexibility index (Phi) is 2.24. The minimum atomic E-state index is -0.157. The molecule has 15 heavy (non-hydrogen) atoms. The minimum absolute atomic E-state index is 0.157. The zero-order valence-electron chi connectivity index (χ0n) is 8.26. The molecule has 0 amide bonds. The summed E-state index contributed by atoms with van der Waals surface area (Å²) in [5.74, 6) is 0.607. The third kappa shape index (κ3) is 1.61. The van der Waals surface area contributed by atoms with Crippen molar-refractivity contribution in [2.24, 2.45) is 14.1 Å². The Morgan fingerprint density at radius 3 is 2.67 bits per heavy atom. The number of aromatic amines is 1. The first-order valence-corrected chi connectivity index (χ1v) is 4.66. The van der Waals surface area contributed by atoms with Gasteiger partial charge in [-0.25, -0.2) is 4.68 Å². The average Bonchev–Trinajstić information content (AvgIpc) is 2.53. The van der Waals surface area contributed by atoms with E-state index in [0.29, 0.717) is 16.3 Å². The molecular weight excluding hydrogens is 214 g/mol. The lowest BCUT2D eigenvalue weighted by molar-refractivity contribution is 0.706. The van der Waals surface area contributed by atoms with Crippen LogP contribution in [0.25, 0.3) is 11.5 Å². The molecule has 0 saturated carbocycles. The van der Waals surface area contributed by atoms with Crippen LogP contribution in [0.1, 0.15) is 0 Å². The third-order valence-corrected chi connectivity index (χ3v) is 2.43. The molecule has 7 heteroatoms. The topological polar surface area (TPSA) is 68.5 Å². The van der Waals surface area contributed by atoms with E-state index in [1.807, 2.05) is 0 Å². The molecule has 0 unspecified atom stereocenters. The van der Waals surface area contributed by atoms with E-state index in [-0.39, 0.29) is 5.56 Å². The van der Waals surface area contributed by atoms with Crippen LogP contribution in [-0.4, -0.2) is 24.5 Å². The van der Waals surface area contributed by atoms with Crippen molar-refractivity contribution >= 4 is 12.2 Å². The van der Waals surface area contributed by atoms with Gasteiger partial charge in [0.1, 0.15) is 5.69 Å². The molecule has 1 N–H and O–H groups in total. The summed E-state index contributed by atoms with van der Waals surface area (Å²) < 4.78 is 3.47. The van der Waals surface area contributed by atoms with Crippen molar-refractivity contribution in [2.45, 2.75) is 0 Å². The van der Waals surface area contributed by atoms with E-state index in [0.717, 1.165) is 0 Å². The number of hydrogen-bond donors (Lipinski definition) is 1. The van der Waals surface area contributed by atoms with Crippen LogP contribution in [0.4, 0.5) is 0 Å². The molecule has 0 radical (unpaired) electrons. The molecule has 2 aromatic heterocycles. The summed E-state index contributed by atoms with van der Waals surface area (Å²) in [6.07, 6.45) is 0. The van der Waals surface area contributed by atoms with Crippen molar-refractivity contribution in [2.75, 3.05) is 0 Å². The molecule has 2 rings (SSSR count). The monoisotopic (exact) mass is 223 g/mol. The molecule has 0 spiro atoms. The smallest absolute Gasteiger partial charge is 0.266 e. The van der Waals surface area contributed by atoms with Crippen LogP contribution in [0.15, 0.2) is 16.9 Å². The van der Waals surface area contributed by atoms with Gasteiger partial charge >= 0.3 is 0 Å². The molecule has 0 atom stereocenters. The van der Waals surface area contributed by atoms with Gasteiger partial charge in [0.2, 0.25) is 0 Å². The Morgan fingerprint density at radius 1 is 1.40 bits per heavy atom. The predicted octanol–water partition coefficient (Wildman–Crippen LogP) is 0.238. The Morgan fingerprint density at radius 2 is 2.13 bits per heavy atom. The summed E-state index contributed by atoms with van der Waals surface area (Å²) in [5.41, 5.74) is 0.447. The van der Waals surface area contributed by atoms with Gasteiger partial charge in [0, 0.05) is 20.2 Å². The maximum Gasteiger partial charge on any atom is 0.266 e. The number of H-pyrrole nitrogens is 1. The van der Waals surface area contributed by atoms with Crippen LogP contribution in [0.3, 0.4) is 0 Å². The largest absolute Gasteiger partial charge is 0.302 e. The molecular formula is C8H9N5OS. The van der Waals surface area contributed by atoms with E-state index in [4.69, 9.17) is 12.2 Å². The fourth-order valence-electron chi connectivity index (χ4n) is 1.20. The summed E-state index contributed by atoms with van der Waals surface area (Å²) in [4.78, 5) is 11.1. The van der Waals surface area contributed by atoms with E-state index in [1.54, 1.807) is 24.7 Å². The Hall–Kier alpha value is -1.76. The normalized spacial score (nSPS) is 10.5. The Balaban J connectivity index is 2.64. The lowest BCUT2D eigenvalue weighted by atomic mass is 10.4. The van der Waals surface area contributed by atoms with E-state index in [9.17, 15) is 4.79 Å². The summed E-state index contributed by atoms with van der Waals surface area (Å²) in [6.45, 7) is 0. The maximum absolute atomic E-state index is 11.1. The van der Waals surface area contributed by atoms with Crippen LogP contribution in [0.5, 0.6) is 0 Å². The minimum Gasteiger partial charge on any atom is -0.302 e. The van der Waals surface area contributed by atoms with Crippen LogP contribution < -0.4 is 5.56 Å². The van der Waals surface area contributed by atoms with Gasteiger partial charge in [-0.3, -0.25) is 9.89 Å². The van der Waals surface area contributed by atoms with Crippen molar-refractivity contribution < 1.29 is 0 Å². The van der Waals surface area contributed by atoms with E-state index >= 15 is 0 Å². The molecule has 0 aliphatic carbocycles. The standard InChI is InChI=1S/C8H9N5OS/c1-12-7(9-10-8(12)15)5-3-4-6(14)13(2)11-5/h3-4H,1-2H3,(H,10,15).